The van der Waals surface area contributed by atoms with Gasteiger partial charge in [-0.1, -0.05) is 12.1 Å². The molecule has 0 aliphatic carbocycles. The molecule has 0 unspecified atom stereocenters. The lowest BCUT2D eigenvalue weighted by atomic mass is 10.1. The Balaban J connectivity index is 1.79. The zero-order chi connectivity index (χ0) is 17.8. The van der Waals surface area contributed by atoms with Crippen LogP contribution in [0, 0.1) is 0 Å². The van der Waals surface area contributed by atoms with Gasteiger partial charge in [0.2, 0.25) is 5.82 Å². The van der Waals surface area contributed by atoms with E-state index < -0.39 is 5.97 Å². The highest BCUT2D eigenvalue weighted by Gasteiger charge is 2.11. The smallest absolute Gasteiger partial charge is 0.335 e. The van der Waals surface area contributed by atoms with E-state index in [-0.39, 0.29) is 5.56 Å². The summed E-state index contributed by atoms with van der Waals surface area (Å²) in [6, 6.07) is 11.9. The molecule has 0 bridgehead atoms. The SMILES string of the molecule is COc1ccc(-c2nnn(Cc3ccc(C(=O)O)cc3)n2)cc1OC. The highest BCUT2D eigenvalue weighted by atomic mass is 16.5. The highest BCUT2D eigenvalue weighted by molar-refractivity contribution is 5.87. The number of carbonyl (C=O) groups is 1. The topological polar surface area (TPSA) is 99.4 Å². The average Bonchev–Trinajstić information content (AvgIpc) is 3.10. The lowest BCUT2D eigenvalue weighted by molar-refractivity contribution is 0.0697. The summed E-state index contributed by atoms with van der Waals surface area (Å²) in [4.78, 5) is 12.3. The Morgan fingerprint density at radius 3 is 2.44 bits per heavy atom. The Labute approximate surface area is 143 Å². The van der Waals surface area contributed by atoms with Gasteiger partial charge in [-0.2, -0.15) is 4.80 Å². The van der Waals surface area contributed by atoms with Crippen LogP contribution in [-0.2, 0) is 6.54 Å². The largest absolute Gasteiger partial charge is 0.493 e. The molecule has 1 N–H and O–H groups in total. The second-order valence-electron chi connectivity index (χ2n) is 5.22. The molecule has 0 amide bonds. The van der Waals surface area contributed by atoms with E-state index in [2.05, 4.69) is 15.4 Å². The first-order valence-corrected chi connectivity index (χ1v) is 7.43. The van der Waals surface area contributed by atoms with Crippen LogP contribution in [-0.4, -0.2) is 45.5 Å². The maximum Gasteiger partial charge on any atom is 0.335 e. The third-order valence-electron chi connectivity index (χ3n) is 3.62. The molecular weight excluding hydrogens is 324 g/mol. The molecule has 0 aliphatic heterocycles. The molecule has 3 aromatic rings. The molecule has 0 saturated heterocycles. The molecule has 0 aliphatic rings. The monoisotopic (exact) mass is 340 g/mol. The third-order valence-corrected chi connectivity index (χ3v) is 3.62. The van der Waals surface area contributed by atoms with Gasteiger partial charge in [0.1, 0.15) is 0 Å². The number of nitrogens with zero attached hydrogens (tertiary/aromatic N) is 4. The minimum absolute atomic E-state index is 0.237. The van der Waals surface area contributed by atoms with Gasteiger partial charge in [-0.15, -0.1) is 10.2 Å². The van der Waals surface area contributed by atoms with Crippen molar-refractivity contribution in [2.75, 3.05) is 14.2 Å². The van der Waals surface area contributed by atoms with E-state index in [1.54, 1.807) is 50.6 Å². The second kappa shape index (κ2) is 7.00. The minimum atomic E-state index is -0.957. The van der Waals surface area contributed by atoms with Crippen LogP contribution in [0.3, 0.4) is 0 Å². The van der Waals surface area contributed by atoms with E-state index in [1.165, 1.54) is 4.80 Å². The number of ether oxygens (including phenoxy) is 2. The van der Waals surface area contributed by atoms with Gasteiger partial charge in [0, 0.05) is 5.56 Å². The van der Waals surface area contributed by atoms with Crippen molar-refractivity contribution in [2.45, 2.75) is 6.54 Å². The average molecular weight is 340 g/mol. The van der Waals surface area contributed by atoms with Crippen molar-refractivity contribution in [2.24, 2.45) is 0 Å². The Bertz CT molecular complexity index is 890. The summed E-state index contributed by atoms with van der Waals surface area (Å²) >= 11 is 0. The van der Waals surface area contributed by atoms with E-state index in [9.17, 15) is 4.79 Å². The van der Waals surface area contributed by atoms with Gasteiger partial charge in [0.25, 0.3) is 0 Å². The van der Waals surface area contributed by atoms with E-state index in [0.29, 0.717) is 23.9 Å². The fourth-order valence-electron chi connectivity index (χ4n) is 2.32. The zero-order valence-corrected chi connectivity index (χ0v) is 13.7. The molecule has 8 heteroatoms. The van der Waals surface area contributed by atoms with Crippen LogP contribution in [0.5, 0.6) is 11.5 Å². The van der Waals surface area contributed by atoms with Crippen LogP contribution in [0.4, 0.5) is 0 Å². The molecule has 0 radical (unpaired) electrons. The van der Waals surface area contributed by atoms with Crippen molar-refractivity contribution in [1.82, 2.24) is 20.2 Å². The molecule has 1 heterocycles. The Morgan fingerprint density at radius 2 is 1.80 bits per heavy atom. The number of rotatable bonds is 6. The van der Waals surface area contributed by atoms with E-state index in [0.717, 1.165) is 11.1 Å². The zero-order valence-electron chi connectivity index (χ0n) is 13.7. The molecule has 128 valence electrons. The Kier molecular flexibility index (Phi) is 4.60. The van der Waals surface area contributed by atoms with Gasteiger partial charge in [0.05, 0.1) is 26.3 Å². The number of tetrazole rings is 1. The van der Waals surface area contributed by atoms with Crippen molar-refractivity contribution in [3.63, 3.8) is 0 Å². The van der Waals surface area contributed by atoms with Gasteiger partial charge < -0.3 is 14.6 Å². The number of hydrogen-bond donors (Lipinski definition) is 1. The fraction of sp³-hybridized carbons (Fsp3) is 0.176. The maximum absolute atomic E-state index is 10.9. The van der Waals surface area contributed by atoms with Crippen molar-refractivity contribution < 1.29 is 19.4 Å². The highest BCUT2D eigenvalue weighted by Crippen LogP contribution is 2.30. The van der Waals surface area contributed by atoms with Crippen molar-refractivity contribution in [3.05, 3.63) is 53.6 Å². The number of benzene rings is 2. The lowest BCUT2D eigenvalue weighted by Crippen LogP contribution is -2.04. The molecule has 3 rings (SSSR count). The normalized spacial score (nSPS) is 10.5. The van der Waals surface area contributed by atoms with E-state index in [4.69, 9.17) is 14.6 Å². The summed E-state index contributed by atoms with van der Waals surface area (Å²) in [6.07, 6.45) is 0. The summed E-state index contributed by atoms with van der Waals surface area (Å²) in [5, 5.41) is 21.3. The molecule has 8 nitrogen and oxygen atoms in total. The molecule has 0 saturated carbocycles. The quantitative estimate of drug-likeness (QED) is 0.733. The van der Waals surface area contributed by atoms with Crippen LogP contribution >= 0.6 is 0 Å². The number of hydrogen-bond acceptors (Lipinski definition) is 6. The van der Waals surface area contributed by atoms with Crippen LogP contribution in [0.2, 0.25) is 0 Å². The van der Waals surface area contributed by atoms with Crippen LogP contribution in [0.25, 0.3) is 11.4 Å². The van der Waals surface area contributed by atoms with E-state index >= 15 is 0 Å². The summed E-state index contributed by atoms with van der Waals surface area (Å²) in [7, 11) is 3.13. The molecule has 2 aromatic carbocycles. The van der Waals surface area contributed by atoms with Gasteiger partial charge in [0.15, 0.2) is 11.5 Å². The molecule has 1 aromatic heterocycles. The first-order chi connectivity index (χ1) is 12.1. The predicted molar refractivity (Wildman–Crippen MR) is 88.9 cm³/mol. The van der Waals surface area contributed by atoms with Gasteiger partial charge in [-0.3, -0.25) is 0 Å². The molecule has 25 heavy (non-hydrogen) atoms. The van der Waals surface area contributed by atoms with Crippen LogP contribution < -0.4 is 9.47 Å². The second-order valence-corrected chi connectivity index (χ2v) is 5.22. The first-order valence-electron chi connectivity index (χ1n) is 7.43. The minimum Gasteiger partial charge on any atom is -0.493 e. The van der Waals surface area contributed by atoms with Gasteiger partial charge in [-0.05, 0) is 41.1 Å². The van der Waals surface area contributed by atoms with Crippen molar-refractivity contribution >= 4 is 5.97 Å². The Morgan fingerprint density at radius 1 is 1.08 bits per heavy atom. The van der Waals surface area contributed by atoms with Gasteiger partial charge in [-0.25, -0.2) is 4.79 Å². The number of carboxylic acid groups (broad SMARTS) is 1. The predicted octanol–water partition coefficient (Wildman–Crippen LogP) is 2.10. The molecule has 0 atom stereocenters. The first kappa shape index (κ1) is 16.4. The molecule has 0 spiro atoms. The Hall–Kier alpha value is -3.42. The number of methoxy groups -OCH3 is 2. The van der Waals surface area contributed by atoms with Crippen LogP contribution in [0.1, 0.15) is 15.9 Å². The maximum atomic E-state index is 10.9. The lowest BCUT2D eigenvalue weighted by Gasteiger charge is -2.07. The standard InChI is InChI=1S/C17H16N4O4/c1-24-14-8-7-13(9-15(14)25-2)16-18-20-21(19-16)10-11-3-5-12(6-4-11)17(22)23/h3-9H,10H2,1-2H3,(H,22,23). The summed E-state index contributed by atoms with van der Waals surface area (Å²) in [5.41, 5.74) is 1.87. The number of carboxylic acids is 1. The van der Waals surface area contributed by atoms with Crippen molar-refractivity contribution in [3.8, 4) is 22.9 Å². The fourth-order valence-corrected chi connectivity index (χ4v) is 2.32. The summed E-state index contributed by atoms with van der Waals surface area (Å²) < 4.78 is 10.5. The summed E-state index contributed by atoms with van der Waals surface area (Å²) in [6.45, 7) is 0.389. The molecular formula is C17H16N4O4. The van der Waals surface area contributed by atoms with Crippen LogP contribution in [0.15, 0.2) is 42.5 Å². The van der Waals surface area contributed by atoms with Gasteiger partial charge >= 0.3 is 5.97 Å². The number of aromatic nitrogens is 4. The summed E-state index contributed by atoms with van der Waals surface area (Å²) in [5.74, 6) is 0.710. The van der Waals surface area contributed by atoms with Crippen molar-refractivity contribution in [1.29, 1.82) is 0 Å². The third kappa shape index (κ3) is 3.57. The molecule has 0 fully saturated rings. The van der Waals surface area contributed by atoms with E-state index in [1.807, 2.05) is 6.07 Å². The number of aromatic carboxylic acids is 1.